The summed E-state index contributed by atoms with van der Waals surface area (Å²) in [7, 11) is 0. The van der Waals surface area contributed by atoms with Crippen molar-refractivity contribution in [1.29, 1.82) is 0 Å². The Kier molecular flexibility index (Phi) is 13.5. The smallest absolute Gasteiger partial charge is 0.335 e. The highest BCUT2D eigenvalue weighted by molar-refractivity contribution is 5.87. The molecule has 10 N–H and O–H groups in total. The van der Waals surface area contributed by atoms with E-state index in [1.165, 1.54) is 12.5 Å². The number of hydrogen-bond donors (Lipinski definition) is 10. The molecule has 8 rings (SSSR count). The minimum atomic E-state index is -2.07. The largest absolute Gasteiger partial charge is 0.479 e. The number of carbonyl (C=O) groups excluding carboxylic acids is 1. The molecule has 0 aromatic rings. The summed E-state index contributed by atoms with van der Waals surface area (Å²) in [6.07, 6.45) is -17.8. The summed E-state index contributed by atoms with van der Waals surface area (Å²) in [5.41, 5.74) is -0.509. The van der Waals surface area contributed by atoms with Gasteiger partial charge in [-0.3, -0.25) is 4.79 Å². The molecule has 5 aliphatic carbocycles. The number of hydrogen-bond acceptors (Lipinski definition) is 17. The second-order valence-corrected chi connectivity index (χ2v) is 23.4. The fourth-order valence-electron chi connectivity index (χ4n) is 14.9. The van der Waals surface area contributed by atoms with E-state index >= 15 is 0 Å². The number of fused-ring (bicyclic) bond motifs is 7. The second kappa shape index (κ2) is 17.5. The molecule has 3 heterocycles. The zero-order valence-corrected chi connectivity index (χ0v) is 39.6. The van der Waals surface area contributed by atoms with Crippen molar-refractivity contribution in [2.45, 2.75) is 211 Å². The van der Waals surface area contributed by atoms with E-state index < -0.39 is 116 Å². The minimum Gasteiger partial charge on any atom is -0.479 e. The number of aliphatic hydroxyl groups excluding tert-OH is 9. The Hall–Kier alpha value is -1.72. The lowest BCUT2D eigenvalue weighted by molar-refractivity contribution is -0.396. The molecule has 0 amide bonds. The van der Waals surface area contributed by atoms with E-state index in [0.29, 0.717) is 25.0 Å². The van der Waals surface area contributed by atoms with Crippen LogP contribution in [0.2, 0.25) is 0 Å². The van der Waals surface area contributed by atoms with Crippen LogP contribution in [0.5, 0.6) is 0 Å². The van der Waals surface area contributed by atoms with Crippen LogP contribution < -0.4 is 0 Å². The van der Waals surface area contributed by atoms with Crippen molar-refractivity contribution in [3.63, 3.8) is 0 Å². The molecule has 0 bridgehead atoms. The lowest BCUT2D eigenvalue weighted by Crippen LogP contribution is -2.68. The Morgan fingerprint density at radius 1 is 0.712 bits per heavy atom. The third-order valence-electron chi connectivity index (χ3n) is 19.2. The van der Waals surface area contributed by atoms with Crippen LogP contribution in [0, 0.1) is 50.2 Å². The SMILES string of the molecule is C[C@@H]1O[C@@H](O[C@H]2[C@H](O[C@H]3[C@H](O[C@H]4CC[C@@]5(C)[C@@H](CC[C@]6(C)[C@H]5CC=C5[C@@H]7CC(C)(C)CC(=O)[C@]7(C)CC[C@]56C)[C@@]4(C)CO)O[C@H](C(=O)O)[C@@H](O)[C@@H]3O)O[C@H](CO)[C@H](O)[C@@H]2O)[C@H](O)[C@H](O)[C@H]1O. The summed E-state index contributed by atoms with van der Waals surface area (Å²) < 4.78 is 36.2. The van der Waals surface area contributed by atoms with Crippen molar-refractivity contribution >= 4 is 11.8 Å². The first kappa shape index (κ1) is 50.7. The van der Waals surface area contributed by atoms with Crippen LogP contribution in [-0.4, -0.2) is 174 Å². The third kappa shape index (κ3) is 7.70. The van der Waals surface area contributed by atoms with Gasteiger partial charge in [-0.05, 0) is 97.7 Å². The molecule has 3 aliphatic heterocycles. The molecule has 0 radical (unpaired) electrons. The highest BCUT2D eigenvalue weighted by Gasteiger charge is 2.70. The van der Waals surface area contributed by atoms with Gasteiger partial charge >= 0.3 is 5.97 Å². The molecule has 18 nitrogen and oxygen atoms in total. The molecule has 0 aromatic heterocycles. The van der Waals surface area contributed by atoms with Gasteiger partial charge in [0.15, 0.2) is 25.0 Å². The standard InChI is InChI=1S/C48H76O18/c1-21-29(52)31(54)35(58)40(61-21)65-37-32(55)30(53)24(19-49)62-41(37)66-38-34(57)33(56)36(39(59)60)64-42(38)63-28-12-13-45(5)25(46(28,6)20-50)11-14-48(8)26(45)10-9-22-23-17-43(2,3)18-27(51)44(23,4)15-16-47(22,48)7/h9,21,23-26,28-38,40-42,49-50,52-58H,10-20H2,1-8H3,(H,59,60)/t21-,23-,24+,25+,26-,28-,29-,30-,31+,32-,33-,34-,35+,36-,37+,38+,40-,41-,42+,44+,45-,46+,47+,48+/m0/s1. The monoisotopic (exact) mass is 941 g/mol. The van der Waals surface area contributed by atoms with E-state index in [1.807, 2.05) is 6.92 Å². The maximum atomic E-state index is 13.8. The van der Waals surface area contributed by atoms with E-state index in [1.54, 1.807) is 0 Å². The zero-order valence-electron chi connectivity index (χ0n) is 39.6. The highest BCUT2D eigenvalue weighted by Crippen LogP contribution is 2.75. The van der Waals surface area contributed by atoms with Crippen LogP contribution in [-0.2, 0) is 38.0 Å². The molecule has 4 saturated carbocycles. The van der Waals surface area contributed by atoms with Gasteiger partial charge < -0.3 is 79.5 Å². The quantitative estimate of drug-likeness (QED) is 0.114. The summed E-state index contributed by atoms with van der Waals surface area (Å²) in [5.74, 6) is -0.928. The molecule has 0 spiro atoms. The summed E-state index contributed by atoms with van der Waals surface area (Å²) in [6.45, 7) is 16.0. The maximum absolute atomic E-state index is 13.8. The summed E-state index contributed by atoms with van der Waals surface area (Å²) in [6, 6.07) is 0. The first-order chi connectivity index (χ1) is 30.7. The maximum Gasteiger partial charge on any atom is 0.335 e. The highest BCUT2D eigenvalue weighted by atomic mass is 16.8. The molecule has 24 atom stereocenters. The number of carboxylic acid groups (broad SMARTS) is 1. The number of Topliss-reactive ketones (excluding diaryl/α,β-unsaturated/α-hetero) is 1. The summed E-state index contributed by atoms with van der Waals surface area (Å²) in [5, 5.41) is 108. The van der Waals surface area contributed by atoms with Gasteiger partial charge in [0.05, 0.1) is 25.4 Å². The van der Waals surface area contributed by atoms with Crippen LogP contribution >= 0.6 is 0 Å². The van der Waals surface area contributed by atoms with E-state index in [0.717, 1.165) is 38.5 Å². The molecule has 3 saturated heterocycles. The van der Waals surface area contributed by atoms with Crippen LogP contribution in [0.4, 0.5) is 0 Å². The molecular formula is C48H76O18. The van der Waals surface area contributed by atoms with Crippen molar-refractivity contribution in [2.75, 3.05) is 13.2 Å². The molecule has 66 heavy (non-hydrogen) atoms. The minimum absolute atomic E-state index is 0.0830. The lowest BCUT2D eigenvalue weighted by atomic mass is 9.33. The van der Waals surface area contributed by atoms with Crippen molar-refractivity contribution in [3.8, 4) is 0 Å². The summed E-state index contributed by atoms with van der Waals surface area (Å²) in [4.78, 5) is 26.3. The predicted molar refractivity (Wildman–Crippen MR) is 230 cm³/mol. The Labute approximate surface area is 386 Å². The topological polar surface area (TPSA) is 292 Å². The van der Waals surface area contributed by atoms with E-state index in [2.05, 4.69) is 47.6 Å². The van der Waals surface area contributed by atoms with E-state index in [-0.39, 0.29) is 51.4 Å². The number of rotatable bonds is 9. The Morgan fingerprint density at radius 2 is 1.35 bits per heavy atom. The number of carbonyl (C=O) groups is 2. The van der Waals surface area contributed by atoms with Gasteiger partial charge in [-0.25, -0.2) is 4.79 Å². The van der Waals surface area contributed by atoms with Gasteiger partial charge in [0.1, 0.15) is 66.8 Å². The molecular weight excluding hydrogens is 865 g/mol. The van der Waals surface area contributed by atoms with Crippen molar-refractivity contribution in [1.82, 2.24) is 0 Å². The number of ether oxygens (including phenoxy) is 6. The number of aliphatic carboxylic acids is 1. The summed E-state index contributed by atoms with van der Waals surface area (Å²) >= 11 is 0. The van der Waals surface area contributed by atoms with Crippen molar-refractivity contribution in [2.24, 2.45) is 50.2 Å². The predicted octanol–water partition coefficient (Wildman–Crippen LogP) is 0.913. The van der Waals surface area contributed by atoms with Gasteiger partial charge in [-0.1, -0.05) is 60.1 Å². The van der Waals surface area contributed by atoms with Crippen molar-refractivity contribution < 1.29 is 89.1 Å². The lowest BCUT2D eigenvalue weighted by Gasteiger charge is -2.71. The van der Waals surface area contributed by atoms with Crippen LogP contribution in [0.1, 0.15) is 113 Å². The second-order valence-electron chi connectivity index (χ2n) is 23.4. The Balaban J connectivity index is 1.08. The fourth-order valence-corrected chi connectivity index (χ4v) is 14.9. The zero-order chi connectivity index (χ0) is 48.4. The molecule has 8 aliphatic rings. The third-order valence-corrected chi connectivity index (χ3v) is 19.2. The van der Waals surface area contributed by atoms with Gasteiger partial charge in [-0.15, -0.1) is 0 Å². The Bertz CT molecular complexity index is 1860. The first-order valence-electron chi connectivity index (χ1n) is 24.1. The van der Waals surface area contributed by atoms with Crippen LogP contribution in [0.3, 0.4) is 0 Å². The van der Waals surface area contributed by atoms with Crippen LogP contribution in [0.25, 0.3) is 0 Å². The molecule has 0 unspecified atom stereocenters. The molecule has 7 fully saturated rings. The van der Waals surface area contributed by atoms with Crippen molar-refractivity contribution in [3.05, 3.63) is 11.6 Å². The van der Waals surface area contributed by atoms with E-state index in [9.17, 15) is 60.7 Å². The average molecular weight is 941 g/mol. The van der Waals surface area contributed by atoms with Gasteiger partial charge in [-0.2, -0.15) is 0 Å². The van der Waals surface area contributed by atoms with Gasteiger partial charge in [0.25, 0.3) is 0 Å². The molecule has 0 aromatic carbocycles. The number of allylic oxidation sites excluding steroid dienone is 2. The molecule has 18 heteroatoms. The normalized spacial score (nSPS) is 54.8. The molecule has 376 valence electrons. The van der Waals surface area contributed by atoms with Gasteiger partial charge in [0, 0.05) is 17.3 Å². The number of carboxylic acids is 1. The van der Waals surface area contributed by atoms with E-state index in [4.69, 9.17) is 28.4 Å². The van der Waals surface area contributed by atoms with Crippen LogP contribution in [0.15, 0.2) is 11.6 Å². The average Bonchev–Trinajstić information content (AvgIpc) is 3.25. The van der Waals surface area contributed by atoms with Gasteiger partial charge in [0.2, 0.25) is 0 Å². The fraction of sp³-hybridized carbons (Fsp3) is 0.917. The number of aliphatic hydroxyl groups is 9. The first-order valence-corrected chi connectivity index (χ1v) is 24.1. The number of ketones is 1. The Morgan fingerprint density at radius 3 is 1.98 bits per heavy atom.